The highest BCUT2D eigenvalue weighted by molar-refractivity contribution is 7.99. The molecular formula is C16H12ClFN2O2S. The van der Waals surface area contributed by atoms with Gasteiger partial charge in [-0.3, -0.25) is 4.79 Å². The highest BCUT2D eigenvalue weighted by Crippen LogP contribution is 2.25. The molecule has 0 saturated carbocycles. The molecule has 1 heterocycles. The third-order valence-electron chi connectivity index (χ3n) is 3.11. The zero-order chi connectivity index (χ0) is 16.4. The van der Waals surface area contributed by atoms with Gasteiger partial charge in [0.1, 0.15) is 11.3 Å². The van der Waals surface area contributed by atoms with Crippen LogP contribution in [0.4, 0.5) is 10.1 Å². The van der Waals surface area contributed by atoms with Gasteiger partial charge in [0.15, 0.2) is 5.58 Å². The Morgan fingerprint density at radius 2 is 2.17 bits per heavy atom. The molecule has 3 rings (SSSR count). The molecule has 23 heavy (non-hydrogen) atoms. The molecular weight excluding hydrogens is 339 g/mol. The lowest BCUT2D eigenvalue weighted by Crippen LogP contribution is -2.14. The van der Waals surface area contributed by atoms with Crippen LogP contribution >= 0.6 is 23.4 Å². The topological polar surface area (TPSA) is 55.1 Å². The van der Waals surface area contributed by atoms with E-state index in [-0.39, 0.29) is 17.5 Å². The summed E-state index contributed by atoms with van der Waals surface area (Å²) in [4.78, 5) is 16.2. The minimum absolute atomic E-state index is 0.107. The lowest BCUT2D eigenvalue weighted by Gasteiger charge is -2.05. The van der Waals surface area contributed by atoms with Crippen LogP contribution in [0.5, 0.6) is 0 Å². The van der Waals surface area contributed by atoms with Gasteiger partial charge in [-0.2, -0.15) is 0 Å². The van der Waals surface area contributed by atoms with Crippen molar-refractivity contribution in [2.45, 2.75) is 12.1 Å². The number of benzene rings is 2. The standard InChI is InChI=1S/C16H12ClFN2O2S/c1-9-2-4-11(7-12(9)18)19-15(21)8-23-16-20-13-6-10(17)3-5-14(13)22-16/h2-7H,8H2,1H3,(H,19,21). The second-order valence-electron chi connectivity index (χ2n) is 4.89. The lowest BCUT2D eigenvalue weighted by molar-refractivity contribution is -0.113. The fraction of sp³-hybridized carbons (Fsp3) is 0.125. The molecule has 0 aliphatic heterocycles. The predicted molar refractivity (Wildman–Crippen MR) is 89.5 cm³/mol. The van der Waals surface area contributed by atoms with E-state index in [4.69, 9.17) is 16.0 Å². The molecule has 1 amide bonds. The molecule has 3 aromatic rings. The first kappa shape index (κ1) is 15.8. The van der Waals surface area contributed by atoms with Gasteiger partial charge in [-0.25, -0.2) is 9.37 Å². The number of halogens is 2. The quantitative estimate of drug-likeness (QED) is 0.695. The molecule has 4 nitrogen and oxygen atoms in total. The van der Waals surface area contributed by atoms with Gasteiger partial charge >= 0.3 is 0 Å². The number of amides is 1. The number of carbonyl (C=O) groups is 1. The van der Waals surface area contributed by atoms with Crippen molar-refractivity contribution in [2.24, 2.45) is 0 Å². The molecule has 0 fully saturated rings. The molecule has 118 valence electrons. The van der Waals surface area contributed by atoms with E-state index in [1.165, 1.54) is 6.07 Å². The molecule has 7 heteroatoms. The van der Waals surface area contributed by atoms with Gasteiger partial charge in [-0.05, 0) is 42.8 Å². The number of thioether (sulfide) groups is 1. The Bertz CT molecular complexity index is 882. The van der Waals surface area contributed by atoms with Gasteiger partial charge in [0, 0.05) is 10.7 Å². The Kier molecular flexibility index (Phi) is 4.54. The van der Waals surface area contributed by atoms with Crippen LogP contribution in [0.3, 0.4) is 0 Å². The number of hydrogen-bond acceptors (Lipinski definition) is 4. The molecule has 0 aliphatic carbocycles. The van der Waals surface area contributed by atoms with E-state index >= 15 is 0 Å². The van der Waals surface area contributed by atoms with Gasteiger partial charge in [-0.1, -0.05) is 29.4 Å². The normalized spacial score (nSPS) is 10.9. The molecule has 0 unspecified atom stereocenters. The van der Waals surface area contributed by atoms with Crippen LogP contribution in [0.2, 0.25) is 5.02 Å². The van der Waals surface area contributed by atoms with Crippen molar-refractivity contribution in [1.82, 2.24) is 4.98 Å². The molecule has 0 aliphatic rings. The molecule has 1 N–H and O–H groups in total. The number of carbonyl (C=O) groups excluding carboxylic acids is 1. The summed E-state index contributed by atoms with van der Waals surface area (Å²) in [6.07, 6.45) is 0. The van der Waals surface area contributed by atoms with Crippen molar-refractivity contribution in [2.75, 3.05) is 11.1 Å². The first-order valence-electron chi connectivity index (χ1n) is 6.76. The number of oxazole rings is 1. The van der Waals surface area contributed by atoms with Gasteiger partial charge < -0.3 is 9.73 Å². The van der Waals surface area contributed by atoms with Crippen LogP contribution in [0, 0.1) is 12.7 Å². The van der Waals surface area contributed by atoms with E-state index in [9.17, 15) is 9.18 Å². The Morgan fingerprint density at radius 3 is 2.96 bits per heavy atom. The summed E-state index contributed by atoms with van der Waals surface area (Å²) in [6, 6.07) is 9.69. The molecule has 0 spiro atoms. The Morgan fingerprint density at radius 1 is 1.35 bits per heavy atom. The largest absolute Gasteiger partial charge is 0.431 e. The maximum absolute atomic E-state index is 13.4. The maximum Gasteiger partial charge on any atom is 0.257 e. The number of aromatic nitrogens is 1. The number of hydrogen-bond donors (Lipinski definition) is 1. The number of rotatable bonds is 4. The smallest absolute Gasteiger partial charge is 0.257 e. The number of nitrogens with one attached hydrogen (secondary N) is 1. The average molecular weight is 351 g/mol. The number of aryl methyl sites for hydroxylation is 1. The Labute approximate surface area is 141 Å². The molecule has 0 atom stereocenters. The van der Waals surface area contributed by atoms with Gasteiger partial charge in [-0.15, -0.1) is 0 Å². The summed E-state index contributed by atoms with van der Waals surface area (Å²) >= 11 is 7.05. The van der Waals surface area contributed by atoms with Gasteiger partial charge in [0.2, 0.25) is 5.91 Å². The fourth-order valence-corrected chi connectivity index (χ4v) is 2.74. The fourth-order valence-electron chi connectivity index (χ4n) is 1.94. The van der Waals surface area contributed by atoms with E-state index in [0.29, 0.717) is 32.6 Å². The minimum atomic E-state index is -0.355. The van der Waals surface area contributed by atoms with Gasteiger partial charge in [0.05, 0.1) is 5.75 Å². The van der Waals surface area contributed by atoms with Crippen LogP contribution in [0.15, 0.2) is 46.0 Å². The number of nitrogens with zero attached hydrogens (tertiary/aromatic N) is 1. The summed E-state index contributed by atoms with van der Waals surface area (Å²) in [5.41, 5.74) is 2.20. The molecule has 0 saturated heterocycles. The average Bonchev–Trinajstić information content (AvgIpc) is 2.91. The van der Waals surface area contributed by atoms with E-state index < -0.39 is 0 Å². The van der Waals surface area contributed by atoms with Crippen molar-refractivity contribution in [3.63, 3.8) is 0 Å². The predicted octanol–water partition coefficient (Wildman–Crippen LogP) is 4.66. The van der Waals surface area contributed by atoms with Crippen LogP contribution < -0.4 is 5.32 Å². The van der Waals surface area contributed by atoms with Crippen LogP contribution in [-0.2, 0) is 4.79 Å². The van der Waals surface area contributed by atoms with Crippen LogP contribution in [-0.4, -0.2) is 16.6 Å². The third-order valence-corrected chi connectivity index (χ3v) is 4.18. The minimum Gasteiger partial charge on any atom is -0.431 e. The summed E-state index contributed by atoms with van der Waals surface area (Å²) in [7, 11) is 0. The van der Waals surface area contributed by atoms with Crippen molar-refractivity contribution in [1.29, 1.82) is 0 Å². The molecule has 1 aromatic heterocycles. The summed E-state index contributed by atoms with van der Waals surface area (Å²) in [6.45, 7) is 1.66. The molecule has 0 bridgehead atoms. The lowest BCUT2D eigenvalue weighted by atomic mass is 10.2. The van der Waals surface area contributed by atoms with E-state index in [2.05, 4.69) is 10.3 Å². The second kappa shape index (κ2) is 6.60. The first-order chi connectivity index (χ1) is 11.0. The zero-order valence-corrected chi connectivity index (χ0v) is 13.7. The van der Waals surface area contributed by atoms with Crippen LogP contribution in [0.1, 0.15) is 5.56 Å². The number of fused-ring (bicyclic) bond motifs is 1. The molecule has 2 aromatic carbocycles. The molecule has 0 radical (unpaired) electrons. The highest BCUT2D eigenvalue weighted by atomic mass is 35.5. The van der Waals surface area contributed by atoms with E-state index in [0.717, 1.165) is 11.8 Å². The first-order valence-corrected chi connectivity index (χ1v) is 8.12. The SMILES string of the molecule is Cc1ccc(NC(=O)CSc2nc3cc(Cl)ccc3o2)cc1F. The van der Waals surface area contributed by atoms with Crippen molar-refractivity contribution >= 4 is 46.1 Å². The Balaban J connectivity index is 1.62. The van der Waals surface area contributed by atoms with Crippen molar-refractivity contribution in [3.8, 4) is 0 Å². The highest BCUT2D eigenvalue weighted by Gasteiger charge is 2.10. The third kappa shape index (κ3) is 3.83. The van der Waals surface area contributed by atoms with Crippen molar-refractivity contribution < 1.29 is 13.6 Å². The summed E-state index contributed by atoms with van der Waals surface area (Å²) in [5.74, 6) is -0.513. The van der Waals surface area contributed by atoms with E-state index in [1.807, 2.05) is 0 Å². The zero-order valence-electron chi connectivity index (χ0n) is 12.1. The monoisotopic (exact) mass is 350 g/mol. The van der Waals surface area contributed by atoms with Crippen molar-refractivity contribution in [3.05, 3.63) is 52.8 Å². The summed E-state index contributed by atoms with van der Waals surface area (Å²) in [5, 5.41) is 3.59. The van der Waals surface area contributed by atoms with E-state index in [1.54, 1.807) is 37.3 Å². The number of anilines is 1. The maximum atomic E-state index is 13.4. The Hall–Kier alpha value is -2.05. The van der Waals surface area contributed by atoms with Gasteiger partial charge in [0.25, 0.3) is 5.22 Å². The second-order valence-corrected chi connectivity index (χ2v) is 6.26. The summed E-state index contributed by atoms with van der Waals surface area (Å²) < 4.78 is 19.0. The van der Waals surface area contributed by atoms with Crippen LogP contribution in [0.25, 0.3) is 11.1 Å².